The molecule has 4 rings (SSSR count). The lowest BCUT2D eigenvalue weighted by molar-refractivity contribution is -0.112. The highest BCUT2D eigenvalue weighted by Crippen LogP contribution is 2.29. The topological polar surface area (TPSA) is 70.0 Å². The third-order valence-electron chi connectivity index (χ3n) is 3.89. The first-order valence-corrected chi connectivity index (χ1v) is 9.38. The molecule has 134 valence electrons. The molecule has 0 spiro atoms. The summed E-state index contributed by atoms with van der Waals surface area (Å²) < 4.78 is 0. The third-order valence-corrected chi connectivity index (χ3v) is 5.04. The quantitative estimate of drug-likeness (QED) is 0.653. The van der Waals surface area contributed by atoms with Crippen LogP contribution >= 0.6 is 22.9 Å². The Hall–Kier alpha value is -3.03. The Balaban J connectivity index is 1.57. The fourth-order valence-electron chi connectivity index (χ4n) is 2.53. The molecule has 1 aromatic heterocycles. The second-order valence-electron chi connectivity index (χ2n) is 5.74. The van der Waals surface area contributed by atoms with Crippen LogP contribution in [-0.2, 0) is 4.79 Å². The minimum absolute atomic E-state index is 0.228. The number of aromatic nitrogens is 1. The van der Waals surface area contributed by atoms with Gasteiger partial charge in [-0.15, -0.1) is 11.3 Å². The lowest BCUT2D eigenvalue weighted by Crippen LogP contribution is -2.27. The summed E-state index contributed by atoms with van der Waals surface area (Å²) in [5.41, 5.74) is 5.97. The number of para-hydroxylation sites is 1. The zero-order valence-corrected chi connectivity index (χ0v) is 15.8. The van der Waals surface area contributed by atoms with Gasteiger partial charge < -0.3 is 0 Å². The van der Waals surface area contributed by atoms with Gasteiger partial charge in [-0.1, -0.05) is 54.1 Å². The van der Waals surface area contributed by atoms with Gasteiger partial charge in [0.1, 0.15) is 0 Å². The lowest BCUT2D eigenvalue weighted by atomic mass is 10.2. The van der Waals surface area contributed by atoms with E-state index >= 15 is 0 Å². The molecule has 0 fully saturated rings. The molecule has 0 saturated carbocycles. The number of amides is 1. The highest BCUT2D eigenvalue weighted by atomic mass is 35.5. The number of anilines is 2. The third kappa shape index (κ3) is 3.47. The van der Waals surface area contributed by atoms with Gasteiger partial charge in [0.15, 0.2) is 5.71 Å². The van der Waals surface area contributed by atoms with Crippen LogP contribution < -0.4 is 10.4 Å². The van der Waals surface area contributed by atoms with Crippen LogP contribution in [0, 0.1) is 0 Å². The number of nitrogens with one attached hydrogen (secondary N) is 1. The number of hydrogen-bond acceptors (Lipinski definition) is 6. The minimum Gasteiger partial charge on any atom is -0.276 e. The number of halogens is 1. The smallest absolute Gasteiger partial charge is 0.276 e. The Morgan fingerprint density at radius 3 is 2.63 bits per heavy atom. The van der Waals surface area contributed by atoms with E-state index in [-0.39, 0.29) is 11.6 Å². The number of benzene rings is 2. The Morgan fingerprint density at radius 2 is 1.85 bits per heavy atom. The van der Waals surface area contributed by atoms with Crippen molar-refractivity contribution in [3.63, 3.8) is 0 Å². The van der Waals surface area contributed by atoms with E-state index in [9.17, 15) is 4.79 Å². The van der Waals surface area contributed by atoms with Gasteiger partial charge in [0.2, 0.25) is 5.13 Å². The maximum atomic E-state index is 12.7. The van der Waals surface area contributed by atoms with E-state index in [1.54, 1.807) is 19.1 Å². The Bertz CT molecular complexity index is 1060. The van der Waals surface area contributed by atoms with Gasteiger partial charge in [0.05, 0.1) is 22.1 Å². The first-order chi connectivity index (χ1) is 13.1. The predicted molar refractivity (Wildman–Crippen MR) is 111 cm³/mol. The van der Waals surface area contributed by atoms with Crippen LogP contribution in [0.2, 0.25) is 5.02 Å². The summed E-state index contributed by atoms with van der Waals surface area (Å²) in [5.74, 6) is -0.332. The molecule has 0 unspecified atom stereocenters. The Morgan fingerprint density at radius 1 is 1.11 bits per heavy atom. The van der Waals surface area contributed by atoms with Crippen LogP contribution in [0.15, 0.2) is 70.2 Å². The van der Waals surface area contributed by atoms with Crippen molar-refractivity contribution in [2.45, 2.75) is 6.92 Å². The molecule has 1 aliphatic rings. The second kappa shape index (κ2) is 7.30. The van der Waals surface area contributed by atoms with E-state index < -0.39 is 0 Å². The van der Waals surface area contributed by atoms with Crippen LogP contribution in [0.1, 0.15) is 6.92 Å². The maximum Gasteiger partial charge on any atom is 0.303 e. The summed E-state index contributed by atoms with van der Waals surface area (Å²) in [4.78, 5) is 17.3. The minimum atomic E-state index is -0.332. The Labute approximate surface area is 164 Å². The van der Waals surface area contributed by atoms with Crippen molar-refractivity contribution in [2.24, 2.45) is 10.2 Å². The van der Waals surface area contributed by atoms with Crippen molar-refractivity contribution in [2.75, 3.05) is 10.4 Å². The molecule has 2 aromatic carbocycles. The predicted octanol–water partition coefficient (Wildman–Crippen LogP) is 4.65. The van der Waals surface area contributed by atoms with Crippen LogP contribution in [0.5, 0.6) is 0 Å². The molecule has 27 heavy (non-hydrogen) atoms. The van der Waals surface area contributed by atoms with Gasteiger partial charge in [0.25, 0.3) is 0 Å². The van der Waals surface area contributed by atoms with Crippen molar-refractivity contribution in [1.82, 2.24) is 4.98 Å². The second-order valence-corrected chi connectivity index (χ2v) is 6.98. The molecule has 1 N–H and O–H groups in total. The number of hydrazone groups is 2. The van der Waals surface area contributed by atoms with E-state index in [0.717, 1.165) is 11.3 Å². The van der Waals surface area contributed by atoms with Gasteiger partial charge in [-0.2, -0.15) is 15.2 Å². The van der Waals surface area contributed by atoms with Crippen molar-refractivity contribution >= 4 is 51.1 Å². The summed E-state index contributed by atoms with van der Waals surface area (Å²) in [6.45, 7) is 1.73. The fraction of sp³-hybridized carbons (Fsp3) is 0.0526. The zero-order chi connectivity index (χ0) is 18.8. The van der Waals surface area contributed by atoms with Crippen molar-refractivity contribution in [3.05, 3.63) is 65.0 Å². The van der Waals surface area contributed by atoms with Gasteiger partial charge >= 0.3 is 5.91 Å². The van der Waals surface area contributed by atoms with Gasteiger partial charge in [-0.3, -0.25) is 10.2 Å². The summed E-state index contributed by atoms with van der Waals surface area (Å²) in [6, 6.07) is 17.0. The van der Waals surface area contributed by atoms with E-state index in [0.29, 0.717) is 21.6 Å². The lowest BCUT2D eigenvalue weighted by Gasteiger charge is -2.07. The highest BCUT2D eigenvalue weighted by molar-refractivity contribution is 7.14. The number of hydrogen-bond donors (Lipinski definition) is 1. The molecule has 1 aliphatic heterocycles. The summed E-state index contributed by atoms with van der Waals surface area (Å²) in [7, 11) is 0. The van der Waals surface area contributed by atoms with E-state index in [2.05, 4.69) is 20.6 Å². The largest absolute Gasteiger partial charge is 0.303 e. The number of carbonyl (C=O) groups is 1. The van der Waals surface area contributed by atoms with Gasteiger partial charge in [0, 0.05) is 10.9 Å². The van der Waals surface area contributed by atoms with Gasteiger partial charge in [-0.05, 0) is 19.1 Å². The number of rotatable bonds is 4. The van der Waals surface area contributed by atoms with Crippen LogP contribution in [0.25, 0.3) is 11.3 Å². The summed E-state index contributed by atoms with van der Waals surface area (Å²) in [6.07, 6.45) is 0. The van der Waals surface area contributed by atoms with E-state index in [4.69, 9.17) is 11.6 Å². The maximum absolute atomic E-state index is 12.7. The monoisotopic (exact) mass is 395 g/mol. The average molecular weight is 396 g/mol. The van der Waals surface area contributed by atoms with Gasteiger partial charge in [-0.25, -0.2) is 4.98 Å². The number of thiazole rings is 1. The van der Waals surface area contributed by atoms with Crippen LogP contribution in [0.4, 0.5) is 10.8 Å². The first-order valence-electron chi connectivity index (χ1n) is 8.12. The highest BCUT2D eigenvalue weighted by Gasteiger charge is 2.32. The van der Waals surface area contributed by atoms with E-state index in [1.165, 1.54) is 16.3 Å². The standard InChI is InChI=1S/C19H14ClN5OS/c1-12-17(23-22-15-10-6-5-9-14(15)20)18(26)25(24-12)19-21-16(11-27-19)13-7-3-2-4-8-13/h2-11,22H,1H3/b23-17-. The Kier molecular flexibility index (Phi) is 4.70. The van der Waals surface area contributed by atoms with Crippen molar-refractivity contribution in [3.8, 4) is 11.3 Å². The normalized spacial score (nSPS) is 15.3. The molecule has 0 radical (unpaired) electrons. The van der Waals surface area contributed by atoms with Crippen LogP contribution in [0.3, 0.4) is 0 Å². The molecule has 8 heteroatoms. The van der Waals surface area contributed by atoms with Crippen molar-refractivity contribution < 1.29 is 4.79 Å². The summed E-state index contributed by atoms with van der Waals surface area (Å²) in [5, 5.41) is 12.7. The number of carbonyl (C=O) groups excluding carboxylic acids is 1. The molecular formula is C19H14ClN5OS. The molecule has 0 bridgehead atoms. The molecule has 1 amide bonds. The van der Waals surface area contributed by atoms with Crippen LogP contribution in [-0.4, -0.2) is 22.3 Å². The molecule has 0 atom stereocenters. The molecular weight excluding hydrogens is 382 g/mol. The average Bonchev–Trinajstić information content (AvgIpc) is 3.27. The zero-order valence-electron chi connectivity index (χ0n) is 14.3. The van der Waals surface area contributed by atoms with Crippen molar-refractivity contribution in [1.29, 1.82) is 0 Å². The van der Waals surface area contributed by atoms with E-state index in [1.807, 2.05) is 47.8 Å². The SMILES string of the molecule is CC1=NN(c2nc(-c3ccccc3)cs2)C(=O)/C1=N\Nc1ccccc1Cl. The first kappa shape index (κ1) is 17.4. The molecule has 6 nitrogen and oxygen atoms in total. The molecule has 0 aliphatic carbocycles. The molecule has 2 heterocycles. The summed E-state index contributed by atoms with van der Waals surface area (Å²) >= 11 is 7.46. The molecule has 3 aromatic rings. The fourth-order valence-corrected chi connectivity index (χ4v) is 3.49. The number of nitrogens with zero attached hydrogens (tertiary/aromatic N) is 4. The molecule has 0 saturated heterocycles.